The molecule has 3 aromatic heterocycles. The van der Waals surface area contributed by atoms with E-state index in [1.165, 1.54) is 11.8 Å². The molecule has 0 aliphatic carbocycles. The molecule has 0 unspecified atom stereocenters. The molecule has 1 aromatic carbocycles. The second-order valence-corrected chi connectivity index (χ2v) is 6.80. The number of imidazole rings is 1. The summed E-state index contributed by atoms with van der Waals surface area (Å²) in [7, 11) is 1.78. The van der Waals surface area contributed by atoms with Gasteiger partial charge in [0.1, 0.15) is 16.1 Å². The van der Waals surface area contributed by atoms with Crippen LogP contribution in [0, 0.1) is 11.3 Å². The molecule has 0 aliphatic heterocycles. The molecule has 7 heteroatoms. The number of aryl methyl sites for hydroxylation is 1. The van der Waals surface area contributed by atoms with E-state index in [1.807, 2.05) is 24.3 Å². The summed E-state index contributed by atoms with van der Waals surface area (Å²) >= 11 is 1.26. The van der Waals surface area contributed by atoms with Gasteiger partial charge in [-0.1, -0.05) is 18.2 Å². The molecule has 130 valence electrons. The maximum Gasteiger partial charge on any atom is 0.229 e. The quantitative estimate of drug-likeness (QED) is 0.510. The summed E-state index contributed by atoms with van der Waals surface area (Å²) in [5.41, 5.74) is 1.69. The van der Waals surface area contributed by atoms with Gasteiger partial charge in [0.05, 0.1) is 11.1 Å². The summed E-state index contributed by atoms with van der Waals surface area (Å²) in [6.45, 7) is 0. The van der Waals surface area contributed by atoms with Crippen LogP contribution in [0.4, 0.5) is 0 Å². The number of rotatable bonds is 4. The Morgan fingerprint density at radius 3 is 2.78 bits per heavy atom. The normalized spacial score (nSPS) is 10.7. The molecule has 0 N–H and O–H groups in total. The van der Waals surface area contributed by atoms with Crippen LogP contribution < -0.4 is 0 Å². The maximum atomic E-state index is 13.1. The van der Waals surface area contributed by atoms with Crippen molar-refractivity contribution < 1.29 is 4.79 Å². The van der Waals surface area contributed by atoms with Gasteiger partial charge < -0.3 is 4.57 Å². The van der Waals surface area contributed by atoms with E-state index in [2.05, 4.69) is 21.0 Å². The summed E-state index contributed by atoms with van der Waals surface area (Å²) in [5, 5.41) is 11.2. The number of nitriles is 1. The van der Waals surface area contributed by atoms with Gasteiger partial charge in [0.25, 0.3) is 0 Å². The first kappa shape index (κ1) is 16.9. The zero-order valence-corrected chi connectivity index (χ0v) is 15.1. The number of aromatic nitrogens is 4. The fraction of sp³-hybridized carbons (Fsp3) is 0.0500. The lowest BCUT2D eigenvalue weighted by Gasteiger charge is -2.09. The predicted octanol–water partition coefficient (Wildman–Crippen LogP) is 3.62. The molecule has 0 amide bonds. The average Bonchev–Trinajstić information content (AvgIpc) is 3.13. The van der Waals surface area contributed by atoms with Gasteiger partial charge in [-0.15, -0.1) is 0 Å². The van der Waals surface area contributed by atoms with Gasteiger partial charge >= 0.3 is 0 Å². The Bertz CT molecular complexity index is 1210. The number of para-hydroxylation sites is 1. The van der Waals surface area contributed by atoms with Crippen molar-refractivity contribution in [3.05, 3.63) is 78.0 Å². The second kappa shape index (κ2) is 7.02. The van der Waals surface area contributed by atoms with Gasteiger partial charge in [-0.25, -0.2) is 15.0 Å². The Hall–Kier alpha value is -3.50. The summed E-state index contributed by atoms with van der Waals surface area (Å²) in [4.78, 5) is 26.1. The van der Waals surface area contributed by atoms with E-state index in [9.17, 15) is 10.1 Å². The number of hydrogen-bond acceptors (Lipinski definition) is 6. The van der Waals surface area contributed by atoms with Crippen LogP contribution in [0.15, 0.2) is 71.1 Å². The Balaban J connectivity index is 1.85. The fourth-order valence-electron chi connectivity index (χ4n) is 2.75. The van der Waals surface area contributed by atoms with E-state index in [1.54, 1.807) is 48.4 Å². The molecule has 0 saturated heterocycles. The molecule has 0 atom stereocenters. The smallest absolute Gasteiger partial charge is 0.229 e. The summed E-state index contributed by atoms with van der Waals surface area (Å²) in [6, 6.07) is 14.8. The molecule has 0 saturated carbocycles. The lowest BCUT2D eigenvalue weighted by Crippen LogP contribution is -2.10. The molecule has 0 spiro atoms. The lowest BCUT2D eigenvalue weighted by atomic mass is 10.1. The van der Waals surface area contributed by atoms with Crippen LogP contribution in [0.3, 0.4) is 0 Å². The lowest BCUT2D eigenvalue weighted by molar-refractivity contribution is 0.102. The van der Waals surface area contributed by atoms with Gasteiger partial charge in [-0.2, -0.15) is 5.26 Å². The van der Waals surface area contributed by atoms with Crippen molar-refractivity contribution in [2.75, 3.05) is 0 Å². The number of pyridine rings is 2. The number of nitrogens with zero attached hydrogens (tertiary/aromatic N) is 5. The molecule has 0 bridgehead atoms. The molecule has 4 rings (SSSR count). The number of carbonyl (C=O) groups is 1. The number of carbonyl (C=O) groups excluding carboxylic acids is 1. The standard InChI is InChI=1S/C20H13N5OS/c1-25-10-9-22-19(25)18(26)15-11-17(24-16-7-3-2-6-14(15)16)27-20-13(12-21)5-4-8-23-20/h2-11H,1H3. The van der Waals surface area contributed by atoms with Gasteiger partial charge in [-0.3, -0.25) is 4.79 Å². The zero-order chi connectivity index (χ0) is 18.8. The number of ketones is 1. The Kier molecular flexibility index (Phi) is 4.40. The van der Waals surface area contributed by atoms with Crippen LogP contribution in [0.1, 0.15) is 21.7 Å². The van der Waals surface area contributed by atoms with E-state index in [4.69, 9.17) is 0 Å². The van der Waals surface area contributed by atoms with Crippen molar-refractivity contribution in [2.45, 2.75) is 10.1 Å². The summed E-state index contributed by atoms with van der Waals surface area (Å²) in [5.74, 6) is 0.183. The van der Waals surface area contributed by atoms with E-state index in [0.29, 0.717) is 32.5 Å². The molecular weight excluding hydrogens is 358 g/mol. The van der Waals surface area contributed by atoms with Crippen LogP contribution in [0.2, 0.25) is 0 Å². The van der Waals surface area contributed by atoms with Gasteiger partial charge in [0.15, 0.2) is 5.82 Å². The highest BCUT2D eigenvalue weighted by atomic mass is 32.2. The fourth-order valence-corrected chi connectivity index (χ4v) is 3.61. The van der Waals surface area contributed by atoms with E-state index in [-0.39, 0.29) is 5.78 Å². The number of benzene rings is 1. The minimum atomic E-state index is -0.176. The zero-order valence-electron chi connectivity index (χ0n) is 14.3. The van der Waals surface area contributed by atoms with Crippen molar-refractivity contribution in [1.29, 1.82) is 5.26 Å². The first-order chi connectivity index (χ1) is 13.2. The monoisotopic (exact) mass is 371 g/mol. The highest BCUT2D eigenvalue weighted by molar-refractivity contribution is 7.99. The van der Waals surface area contributed by atoms with Crippen LogP contribution in [-0.4, -0.2) is 25.3 Å². The SMILES string of the molecule is Cn1ccnc1C(=O)c1cc(Sc2ncccc2C#N)nc2ccccc12. The molecule has 3 heterocycles. The molecular formula is C20H13N5OS. The maximum absolute atomic E-state index is 13.1. The van der Waals surface area contributed by atoms with Crippen molar-refractivity contribution >= 4 is 28.4 Å². The minimum Gasteiger partial charge on any atom is -0.331 e. The topological polar surface area (TPSA) is 84.5 Å². The van der Waals surface area contributed by atoms with Crippen LogP contribution in [0.5, 0.6) is 0 Å². The van der Waals surface area contributed by atoms with Crippen molar-refractivity contribution in [3.8, 4) is 6.07 Å². The third-order valence-corrected chi connectivity index (χ3v) is 4.99. The number of fused-ring (bicyclic) bond motifs is 1. The molecule has 0 radical (unpaired) electrons. The van der Waals surface area contributed by atoms with E-state index in [0.717, 1.165) is 5.39 Å². The molecule has 27 heavy (non-hydrogen) atoms. The largest absolute Gasteiger partial charge is 0.331 e. The Morgan fingerprint density at radius 1 is 1.15 bits per heavy atom. The summed E-state index contributed by atoms with van der Waals surface area (Å²) < 4.78 is 1.69. The second-order valence-electron chi connectivity index (χ2n) is 5.79. The first-order valence-corrected chi connectivity index (χ1v) is 8.94. The van der Waals surface area contributed by atoms with Gasteiger partial charge in [0.2, 0.25) is 5.78 Å². The highest BCUT2D eigenvalue weighted by Gasteiger charge is 2.19. The van der Waals surface area contributed by atoms with E-state index < -0.39 is 0 Å². The Morgan fingerprint density at radius 2 is 2.00 bits per heavy atom. The van der Waals surface area contributed by atoms with Crippen LogP contribution >= 0.6 is 11.8 Å². The van der Waals surface area contributed by atoms with E-state index >= 15 is 0 Å². The average molecular weight is 371 g/mol. The minimum absolute atomic E-state index is 0.176. The Labute approximate surface area is 159 Å². The molecule has 0 fully saturated rings. The first-order valence-electron chi connectivity index (χ1n) is 8.12. The van der Waals surface area contributed by atoms with Crippen molar-refractivity contribution in [3.63, 3.8) is 0 Å². The third-order valence-electron chi connectivity index (χ3n) is 4.05. The van der Waals surface area contributed by atoms with Crippen molar-refractivity contribution in [1.82, 2.24) is 19.5 Å². The predicted molar refractivity (Wildman–Crippen MR) is 101 cm³/mol. The molecule has 0 aliphatic rings. The van der Waals surface area contributed by atoms with Crippen LogP contribution in [-0.2, 0) is 7.05 Å². The van der Waals surface area contributed by atoms with Gasteiger partial charge in [0, 0.05) is 36.6 Å². The molecule has 6 nitrogen and oxygen atoms in total. The highest BCUT2D eigenvalue weighted by Crippen LogP contribution is 2.31. The summed E-state index contributed by atoms with van der Waals surface area (Å²) in [6.07, 6.45) is 4.96. The molecule has 4 aromatic rings. The van der Waals surface area contributed by atoms with Gasteiger partial charge in [-0.05, 0) is 36.0 Å². The van der Waals surface area contributed by atoms with Crippen LogP contribution in [0.25, 0.3) is 10.9 Å². The van der Waals surface area contributed by atoms with Crippen molar-refractivity contribution in [2.24, 2.45) is 7.05 Å². The number of hydrogen-bond donors (Lipinski definition) is 0. The third kappa shape index (κ3) is 3.18.